The van der Waals surface area contributed by atoms with E-state index in [1.807, 2.05) is 42.6 Å². The summed E-state index contributed by atoms with van der Waals surface area (Å²) >= 11 is 0. The number of aromatic nitrogens is 3. The molecule has 8 rings (SSSR count). The maximum atomic E-state index is 6.53. The summed E-state index contributed by atoms with van der Waals surface area (Å²) in [5.41, 5.74) is 6.43. The molecule has 3 heterocycles. The molecule has 3 aromatic heterocycles. The summed E-state index contributed by atoms with van der Waals surface area (Å²) in [6, 6.07) is 42.0. The Bertz CT molecular complexity index is 2370. The van der Waals surface area contributed by atoms with E-state index in [0.717, 1.165) is 55.5 Å². The van der Waals surface area contributed by atoms with Gasteiger partial charge in [0.25, 0.3) is 0 Å². The summed E-state index contributed by atoms with van der Waals surface area (Å²) in [7, 11) is -1.23. The third-order valence-corrected chi connectivity index (χ3v) is 10.7. The van der Waals surface area contributed by atoms with E-state index in [-0.39, 0.29) is 25.5 Å². The Morgan fingerprint density at radius 3 is 2.08 bits per heavy atom. The quantitative estimate of drug-likeness (QED) is 0.101. The average molecular weight is 820 g/mol. The van der Waals surface area contributed by atoms with Gasteiger partial charge in [0, 0.05) is 48.2 Å². The maximum absolute atomic E-state index is 6.53. The van der Waals surface area contributed by atoms with Crippen molar-refractivity contribution in [1.29, 1.82) is 0 Å². The number of hydrogen-bond donors (Lipinski definition) is 0. The molecule has 0 aliphatic rings. The second-order valence-electron chi connectivity index (χ2n) is 14.0. The largest absolute Gasteiger partial charge is 0.500 e. The summed E-state index contributed by atoms with van der Waals surface area (Å²) < 4.78 is 6.53. The molecule has 6 heteroatoms. The Hall–Kier alpha value is -4.48. The summed E-state index contributed by atoms with van der Waals surface area (Å²) in [4.78, 5) is 13.5. The third kappa shape index (κ3) is 6.48. The van der Waals surface area contributed by atoms with Crippen LogP contribution in [0.3, 0.4) is 0 Å². The first-order chi connectivity index (χ1) is 22.6. The van der Waals surface area contributed by atoms with Gasteiger partial charge in [0.2, 0.25) is 0 Å². The predicted molar refractivity (Wildman–Crippen MR) is 199 cm³/mol. The van der Waals surface area contributed by atoms with E-state index in [0.29, 0.717) is 0 Å². The van der Waals surface area contributed by atoms with Gasteiger partial charge in [-0.05, 0) is 32.7 Å². The Morgan fingerprint density at radius 2 is 1.35 bits per heavy atom. The standard InChI is InChI=1S/C28H21N2O.C14H16NSi.Ir/c1-28(2,3)25-15-24(29-16-30-25)23-10-6-9-20-22-14-13-19-18-8-5-4-7-17(18)11-12-21(19)26(22)31-27(20)23;1-16(2,3)13-9-10-14(15-11-13)12-7-5-4-6-8-12;/h4-9,11-16H,1-3H3;4-7,9-11H,1-3H3;/q2*-1;. The van der Waals surface area contributed by atoms with Gasteiger partial charge in [-0.1, -0.05) is 118 Å². The molecular formula is C42H37IrN3OSi-2. The van der Waals surface area contributed by atoms with E-state index in [1.165, 1.54) is 21.3 Å². The first-order valence-electron chi connectivity index (χ1n) is 16.0. The third-order valence-electron chi connectivity index (χ3n) is 8.63. The molecule has 0 unspecified atom stereocenters. The Kier molecular flexibility index (Phi) is 9.19. The molecule has 0 saturated heterocycles. The summed E-state index contributed by atoms with van der Waals surface area (Å²) in [6.07, 6.45) is 3.65. The molecule has 241 valence electrons. The molecule has 1 radical (unpaired) electrons. The minimum absolute atomic E-state index is 0. The molecule has 0 aliphatic heterocycles. The number of fused-ring (bicyclic) bond motifs is 7. The molecule has 0 spiro atoms. The molecule has 0 aliphatic carbocycles. The molecule has 0 bridgehead atoms. The molecule has 48 heavy (non-hydrogen) atoms. The van der Waals surface area contributed by atoms with Crippen molar-refractivity contribution < 1.29 is 24.5 Å². The van der Waals surface area contributed by atoms with E-state index in [9.17, 15) is 0 Å². The van der Waals surface area contributed by atoms with Crippen LogP contribution < -0.4 is 5.19 Å². The fourth-order valence-corrected chi connectivity index (χ4v) is 6.97. The first kappa shape index (κ1) is 33.4. The molecule has 0 N–H and O–H groups in total. The van der Waals surface area contributed by atoms with Gasteiger partial charge >= 0.3 is 0 Å². The summed E-state index contributed by atoms with van der Waals surface area (Å²) in [6.45, 7) is 13.5. The number of pyridine rings is 1. The molecule has 8 aromatic rings. The fourth-order valence-electron chi connectivity index (χ4n) is 5.93. The van der Waals surface area contributed by atoms with Crippen LogP contribution >= 0.6 is 0 Å². The van der Waals surface area contributed by atoms with Crippen LogP contribution in [0.1, 0.15) is 26.5 Å². The Labute approximate surface area is 296 Å². The summed E-state index contributed by atoms with van der Waals surface area (Å²) in [5.74, 6) is 0. The smallest absolute Gasteiger partial charge is 0.128 e. The van der Waals surface area contributed by atoms with Crippen LogP contribution in [-0.2, 0) is 25.5 Å². The molecule has 0 saturated carbocycles. The van der Waals surface area contributed by atoms with Crippen LogP contribution in [0.5, 0.6) is 0 Å². The van der Waals surface area contributed by atoms with E-state index >= 15 is 0 Å². The average Bonchev–Trinajstić information content (AvgIpc) is 3.48. The normalized spacial score (nSPS) is 11.8. The minimum atomic E-state index is -1.23. The topological polar surface area (TPSA) is 51.8 Å². The van der Waals surface area contributed by atoms with Crippen LogP contribution in [0.2, 0.25) is 19.6 Å². The van der Waals surface area contributed by atoms with Gasteiger partial charge in [-0.2, -0.15) is 0 Å². The minimum Gasteiger partial charge on any atom is -0.500 e. The van der Waals surface area contributed by atoms with Gasteiger partial charge < -0.3 is 9.40 Å². The fraction of sp³-hybridized carbons (Fsp3) is 0.167. The number of furan rings is 1. The SMILES string of the molecule is CC(C)(C)c1cc(-c2[c-]ccc3c2oc2c3ccc3c4ccccc4ccc32)ncn1.C[Si](C)(C)c1ccc(-c2[c-]cccc2)nc1.[Ir]. The second kappa shape index (κ2) is 13.2. The van der Waals surface area contributed by atoms with Crippen LogP contribution in [0, 0.1) is 12.1 Å². The molecule has 0 atom stereocenters. The van der Waals surface area contributed by atoms with Crippen molar-refractivity contribution in [2.75, 3.05) is 0 Å². The summed E-state index contributed by atoms with van der Waals surface area (Å²) in [5, 5.41) is 8.37. The van der Waals surface area contributed by atoms with Gasteiger partial charge in [-0.3, -0.25) is 4.98 Å². The van der Waals surface area contributed by atoms with Crippen LogP contribution in [-0.4, -0.2) is 23.0 Å². The predicted octanol–water partition coefficient (Wildman–Crippen LogP) is 10.5. The molecular weight excluding hydrogens is 783 g/mol. The van der Waals surface area contributed by atoms with E-state index < -0.39 is 8.07 Å². The van der Waals surface area contributed by atoms with Gasteiger partial charge in [0.15, 0.2) is 0 Å². The number of hydrogen-bond acceptors (Lipinski definition) is 4. The Balaban J connectivity index is 0.000000201. The zero-order valence-electron chi connectivity index (χ0n) is 28.1. The van der Waals surface area contributed by atoms with Crippen molar-refractivity contribution in [2.24, 2.45) is 0 Å². The van der Waals surface area contributed by atoms with Crippen molar-refractivity contribution in [3.8, 4) is 22.5 Å². The number of benzene rings is 5. The van der Waals surface area contributed by atoms with Crippen molar-refractivity contribution in [3.05, 3.63) is 133 Å². The van der Waals surface area contributed by atoms with Crippen molar-refractivity contribution >= 4 is 56.7 Å². The van der Waals surface area contributed by atoms with Crippen molar-refractivity contribution in [2.45, 2.75) is 45.8 Å². The maximum Gasteiger partial charge on any atom is 0.128 e. The molecule has 0 amide bonds. The van der Waals surface area contributed by atoms with E-state index in [1.54, 1.807) is 6.33 Å². The van der Waals surface area contributed by atoms with Crippen LogP contribution in [0.4, 0.5) is 0 Å². The Morgan fingerprint density at radius 1 is 0.625 bits per heavy atom. The van der Waals surface area contributed by atoms with E-state index in [2.05, 4.69) is 134 Å². The van der Waals surface area contributed by atoms with Gasteiger partial charge in [0.1, 0.15) is 11.9 Å². The molecule has 4 nitrogen and oxygen atoms in total. The van der Waals surface area contributed by atoms with Gasteiger partial charge in [-0.25, -0.2) is 4.98 Å². The number of rotatable bonds is 3. The van der Waals surface area contributed by atoms with Gasteiger partial charge in [-0.15, -0.1) is 54.1 Å². The zero-order chi connectivity index (χ0) is 32.8. The van der Waals surface area contributed by atoms with Crippen molar-refractivity contribution in [1.82, 2.24) is 15.0 Å². The zero-order valence-corrected chi connectivity index (χ0v) is 31.4. The first-order valence-corrected chi connectivity index (χ1v) is 19.5. The van der Waals surface area contributed by atoms with Crippen molar-refractivity contribution in [3.63, 3.8) is 0 Å². The van der Waals surface area contributed by atoms with Gasteiger partial charge in [0.05, 0.1) is 13.7 Å². The second-order valence-corrected chi connectivity index (χ2v) is 19.1. The van der Waals surface area contributed by atoms with Crippen LogP contribution in [0.15, 0.2) is 120 Å². The molecule has 5 aromatic carbocycles. The number of nitrogens with zero attached hydrogens (tertiary/aromatic N) is 3. The van der Waals surface area contributed by atoms with E-state index in [4.69, 9.17) is 4.42 Å². The van der Waals surface area contributed by atoms with Crippen LogP contribution in [0.25, 0.3) is 66.0 Å². The molecule has 0 fully saturated rings. The monoisotopic (exact) mass is 820 g/mol.